The van der Waals surface area contributed by atoms with Gasteiger partial charge in [-0.2, -0.15) is 0 Å². The first-order chi connectivity index (χ1) is 15.8. The van der Waals surface area contributed by atoms with Crippen LogP contribution in [0.2, 0.25) is 10.0 Å². The Bertz CT molecular complexity index is 1270. The number of aromatic nitrogens is 2. The summed E-state index contributed by atoms with van der Waals surface area (Å²) in [5.74, 6) is 1.15. The fraction of sp³-hybridized carbons (Fsp3) is 0.286. The van der Waals surface area contributed by atoms with E-state index in [9.17, 15) is 13.2 Å². The van der Waals surface area contributed by atoms with E-state index >= 15 is 0 Å². The van der Waals surface area contributed by atoms with Crippen molar-refractivity contribution in [2.75, 3.05) is 28.9 Å². The summed E-state index contributed by atoms with van der Waals surface area (Å²) in [6.07, 6.45) is 2.77. The number of rotatable bonds is 7. The summed E-state index contributed by atoms with van der Waals surface area (Å²) < 4.78 is 28.8. The van der Waals surface area contributed by atoms with E-state index in [0.717, 1.165) is 0 Å². The standard InChI is InChI=1S/C21H21Cl2N5O4S/c22-16-4-1-5-17(23)19(16)27-21(29)28-20-15-7-6-14(9-18(15)24-11-25-20)32-8-2-3-13-10-33(30,31)12-26-13/h1,4-7,9,11,13,26H,2-3,8,10,12H2,(H2,24,25,27,28,29). The molecule has 0 radical (unpaired) electrons. The molecule has 12 heteroatoms. The average Bonchev–Trinajstić information content (AvgIpc) is 3.12. The van der Waals surface area contributed by atoms with Gasteiger partial charge >= 0.3 is 6.03 Å². The molecular weight excluding hydrogens is 489 g/mol. The van der Waals surface area contributed by atoms with Crippen LogP contribution in [0.3, 0.4) is 0 Å². The number of fused-ring (bicyclic) bond motifs is 1. The highest BCUT2D eigenvalue weighted by atomic mass is 35.5. The van der Waals surface area contributed by atoms with Crippen molar-refractivity contribution in [1.82, 2.24) is 15.3 Å². The molecule has 0 aliphatic carbocycles. The Morgan fingerprint density at radius 3 is 2.67 bits per heavy atom. The second-order valence-electron chi connectivity index (χ2n) is 7.52. The Morgan fingerprint density at radius 2 is 1.94 bits per heavy atom. The van der Waals surface area contributed by atoms with Gasteiger partial charge in [0.15, 0.2) is 9.84 Å². The highest BCUT2D eigenvalue weighted by molar-refractivity contribution is 7.91. The number of nitrogens with zero attached hydrogens (tertiary/aromatic N) is 2. The van der Waals surface area contributed by atoms with E-state index < -0.39 is 15.9 Å². The molecule has 1 aliphatic rings. The summed E-state index contributed by atoms with van der Waals surface area (Å²) in [7, 11) is -2.96. The molecule has 1 atom stereocenters. The van der Waals surface area contributed by atoms with E-state index in [1.165, 1.54) is 6.33 Å². The number of benzene rings is 2. The minimum absolute atomic E-state index is 0.0247. The van der Waals surface area contributed by atoms with Crippen molar-refractivity contribution in [3.63, 3.8) is 0 Å². The van der Waals surface area contributed by atoms with Crippen molar-refractivity contribution in [3.8, 4) is 5.75 Å². The Balaban J connectivity index is 1.36. The van der Waals surface area contributed by atoms with E-state index in [0.29, 0.717) is 57.7 Å². The number of carbonyl (C=O) groups excluding carboxylic acids is 1. The third-order valence-electron chi connectivity index (χ3n) is 5.05. The molecule has 174 valence electrons. The van der Waals surface area contributed by atoms with Gasteiger partial charge in [-0.25, -0.2) is 23.2 Å². The zero-order valence-corrected chi connectivity index (χ0v) is 19.7. The summed E-state index contributed by atoms with van der Waals surface area (Å²) in [5, 5.41) is 9.57. The smallest absolute Gasteiger partial charge is 0.324 e. The highest BCUT2D eigenvalue weighted by Gasteiger charge is 2.26. The fourth-order valence-corrected chi connectivity index (χ4v) is 5.47. The van der Waals surface area contributed by atoms with E-state index in [1.807, 2.05) is 0 Å². The molecule has 0 bridgehead atoms. The van der Waals surface area contributed by atoms with Gasteiger partial charge in [-0.05, 0) is 37.1 Å². The molecule has 2 aromatic carbocycles. The van der Waals surface area contributed by atoms with E-state index in [2.05, 4.69) is 25.9 Å². The van der Waals surface area contributed by atoms with E-state index in [-0.39, 0.29) is 17.7 Å². The summed E-state index contributed by atoms with van der Waals surface area (Å²) >= 11 is 12.2. The van der Waals surface area contributed by atoms with Crippen LogP contribution in [0, 0.1) is 0 Å². The number of hydrogen-bond donors (Lipinski definition) is 3. The monoisotopic (exact) mass is 509 g/mol. The van der Waals surface area contributed by atoms with Gasteiger partial charge in [0.05, 0.1) is 39.5 Å². The summed E-state index contributed by atoms with van der Waals surface area (Å²) in [4.78, 5) is 20.8. The van der Waals surface area contributed by atoms with Crippen molar-refractivity contribution >= 4 is 61.5 Å². The summed E-state index contributed by atoms with van der Waals surface area (Å²) in [5.41, 5.74) is 0.898. The fourth-order valence-electron chi connectivity index (χ4n) is 3.47. The number of anilines is 2. The summed E-state index contributed by atoms with van der Waals surface area (Å²) in [6.45, 7) is 0.445. The molecule has 3 aromatic rings. The van der Waals surface area contributed by atoms with Crippen LogP contribution in [0.4, 0.5) is 16.3 Å². The topological polar surface area (TPSA) is 122 Å². The lowest BCUT2D eigenvalue weighted by molar-refractivity contribution is 0.262. The maximum Gasteiger partial charge on any atom is 0.324 e. The third-order valence-corrected chi connectivity index (χ3v) is 7.20. The number of halogens is 2. The number of para-hydroxylation sites is 1. The van der Waals surface area contributed by atoms with Crippen molar-refractivity contribution < 1.29 is 17.9 Å². The zero-order valence-electron chi connectivity index (χ0n) is 17.3. The Labute approximate surface area is 200 Å². The normalized spacial score (nSPS) is 17.1. The number of carbonyl (C=O) groups is 1. The van der Waals surface area contributed by atoms with Crippen LogP contribution in [0.15, 0.2) is 42.7 Å². The predicted molar refractivity (Wildman–Crippen MR) is 129 cm³/mol. The van der Waals surface area contributed by atoms with Gasteiger partial charge in [0, 0.05) is 17.5 Å². The van der Waals surface area contributed by atoms with Crippen LogP contribution < -0.4 is 20.7 Å². The first-order valence-electron chi connectivity index (χ1n) is 10.1. The number of nitrogens with one attached hydrogen (secondary N) is 3. The van der Waals surface area contributed by atoms with Crippen LogP contribution in [0.1, 0.15) is 12.8 Å². The van der Waals surface area contributed by atoms with Crippen molar-refractivity contribution in [1.29, 1.82) is 0 Å². The second-order valence-corrected chi connectivity index (χ2v) is 10.4. The number of ether oxygens (including phenoxy) is 1. The molecule has 33 heavy (non-hydrogen) atoms. The molecule has 3 N–H and O–H groups in total. The van der Waals surface area contributed by atoms with Crippen molar-refractivity contribution in [2.45, 2.75) is 18.9 Å². The first kappa shape index (κ1) is 23.5. The molecule has 1 aromatic heterocycles. The quantitative estimate of drug-likeness (QED) is 0.410. The molecule has 2 heterocycles. The van der Waals surface area contributed by atoms with Gasteiger partial charge in [0.1, 0.15) is 17.9 Å². The molecule has 1 unspecified atom stereocenters. The molecule has 2 amide bonds. The van der Waals surface area contributed by atoms with Crippen LogP contribution >= 0.6 is 23.2 Å². The van der Waals surface area contributed by atoms with Gasteiger partial charge in [-0.15, -0.1) is 0 Å². The Kier molecular flexibility index (Phi) is 7.18. The van der Waals surface area contributed by atoms with Crippen LogP contribution in [0.5, 0.6) is 5.75 Å². The molecule has 4 rings (SSSR count). The lowest BCUT2D eigenvalue weighted by Gasteiger charge is -2.12. The van der Waals surface area contributed by atoms with Crippen molar-refractivity contribution in [3.05, 3.63) is 52.8 Å². The Morgan fingerprint density at radius 1 is 1.15 bits per heavy atom. The van der Waals surface area contributed by atoms with E-state index in [1.54, 1.807) is 36.4 Å². The van der Waals surface area contributed by atoms with Gasteiger partial charge in [0.2, 0.25) is 0 Å². The van der Waals surface area contributed by atoms with Gasteiger partial charge in [-0.1, -0.05) is 29.3 Å². The number of amides is 2. The molecule has 0 spiro atoms. The minimum Gasteiger partial charge on any atom is -0.494 e. The lowest BCUT2D eigenvalue weighted by atomic mass is 10.2. The van der Waals surface area contributed by atoms with Crippen molar-refractivity contribution in [2.24, 2.45) is 0 Å². The number of sulfone groups is 1. The van der Waals surface area contributed by atoms with Gasteiger partial charge in [-0.3, -0.25) is 10.6 Å². The van der Waals surface area contributed by atoms with Gasteiger partial charge in [0.25, 0.3) is 0 Å². The first-order valence-corrected chi connectivity index (χ1v) is 12.7. The molecule has 9 nitrogen and oxygen atoms in total. The highest BCUT2D eigenvalue weighted by Crippen LogP contribution is 2.30. The maximum atomic E-state index is 12.5. The number of hydrogen-bond acceptors (Lipinski definition) is 7. The second kappa shape index (κ2) is 10.1. The predicted octanol–water partition coefficient (Wildman–Crippen LogP) is 4.08. The van der Waals surface area contributed by atoms with Crippen LogP contribution in [-0.2, 0) is 9.84 Å². The number of urea groups is 1. The maximum absolute atomic E-state index is 12.5. The van der Waals surface area contributed by atoms with E-state index in [4.69, 9.17) is 27.9 Å². The largest absolute Gasteiger partial charge is 0.494 e. The summed E-state index contributed by atoms with van der Waals surface area (Å²) in [6, 6.07) is 9.63. The molecule has 0 saturated carbocycles. The SMILES string of the molecule is O=C(Nc1c(Cl)cccc1Cl)Nc1ncnc2cc(OCCCC3CS(=O)(=O)CN3)ccc12. The lowest BCUT2D eigenvalue weighted by Crippen LogP contribution is -2.23. The molecular formula is C21H21Cl2N5O4S. The molecule has 1 fully saturated rings. The Hall–Kier alpha value is -2.66. The van der Waals surface area contributed by atoms with Crippen LogP contribution in [0.25, 0.3) is 10.9 Å². The average molecular weight is 510 g/mol. The molecule has 1 saturated heterocycles. The van der Waals surface area contributed by atoms with Crippen LogP contribution in [-0.4, -0.2) is 48.7 Å². The third kappa shape index (κ3) is 6.02. The zero-order chi connectivity index (χ0) is 23.4. The van der Waals surface area contributed by atoms with Gasteiger partial charge < -0.3 is 10.1 Å². The molecule has 1 aliphatic heterocycles. The minimum atomic E-state index is -2.96.